The van der Waals surface area contributed by atoms with Crippen molar-refractivity contribution in [3.05, 3.63) is 59.2 Å². The number of hydrogen-bond donors (Lipinski definition) is 1. The molecule has 0 aliphatic heterocycles. The summed E-state index contributed by atoms with van der Waals surface area (Å²) in [6.07, 6.45) is -2.12. The first-order chi connectivity index (χ1) is 14.0. The van der Waals surface area contributed by atoms with Crippen molar-refractivity contribution in [3.8, 4) is 0 Å². The lowest BCUT2D eigenvalue weighted by molar-refractivity contribution is -0.136. The number of hydrogen-bond acceptors (Lipinski definition) is 3. The Morgan fingerprint density at radius 2 is 1.87 bits per heavy atom. The van der Waals surface area contributed by atoms with Crippen LogP contribution in [0.3, 0.4) is 0 Å². The van der Waals surface area contributed by atoms with Gasteiger partial charge in [0.05, 0.1) is 5.56 Å². The van der Waals surface area contributed by atoms with Crippen LogP contribution in [-0.2, 0) is 24.1 Å². The van der Waals surface area contributed by atoms with E-state index in [1.165, 1.54) is 29.0 Å². The van der Waals surface area contributed by atoms with Crippen LogP contribution in [0.2, 0.25) is 25.7 Å². The summed E-state index contributed by atoms with van der Waals surface area (Å²) in [6.45, 7) is 7.06. The Bertz CT molecular complexity index is 1040. The Morgan fingerprint density at radius 3 is 2.50 bits per heavy atom. The largest absolute Gasteiger partial charge is 0.418 e. The van der Waals surface area contributed by atoms with Crippen molar-refractivity contribution in [2.75, 3.05) is 12.3 Å². The molecule has 0 unspecified atom stereocenters. The van der Waals surface area contributed by atoms with Gasteiger partial charge in [-0.2, -0.15) is 13.2 Å². The van der Waals surface area contributed by atoms with E-state index in [0.717, 1.165) is 18.3 Å². The molecule has 3 aromatic rings. The number of aromatic nitrogens is 2. The molecular weight excluding hydrogens is 414 g/mol. The van der Waals surface area contributed by atoms with E-state index in [1.807, 2.05) is 0 Å². The molecule has 3 rings (SSSR count). The first-order valence-electron chi connectivity index (χ1n) is 9.61. The number of fused-ring (bicyclic) bond motifs is 1. The number of alkyl halides is 3. The summed E-state index contributed by atoms with van der Waals surface area (Å²) >= 11 is 0. The van der Waals surface area contributed by atoms with Crippen LogP contribution in [-0.4, -0.2) is 24.2 Å². The number of nitrogens with two attached hydrogens (primary N) is 1. The minimum absolute atomic E-state index is 0.00525. The smallest absolute Gasteiger partial charge is 0.399 e. The van der Waals surface area contributed by atoms with E-state index >= 15 is 0 Å². The van der Waals surface area contributed by atoms with Crippen molar-refractivity contribution < 1.29 is 22.3 Å². The fourth-order valence-electron chi connectivity index (χ4n) is 3.20. The highest BCUT2D eigenvalue weighted by Crippen LogP contribution is 2.38. The molecule has 0 amide bonds. The molecule has 30 heavy (non-hydrogen) atoms. The molecule has 0 fully saturated rings. The van der Waals surface area contributed by atoms with E-state index in [0.29, 0.717) is 12.2 Å². The van der Waals surface area contributed by atoms with Crippen LogP contribution >= 0.6 is 0 Å². The van der Waals surface area contributed by atoms with Crippen LogP contribution in [0.5, 0.6) is 0 Å². The minimum Gasteiger partial charge on any atom is -0.399 e. The maximum Gasteiger partial charge on any atom is 0.418 e. The lowest BCUT2D eigenvalue weighted by Crippen LogP contribution is -2.22. The van der Waals surface area contributed by atoms with Crippen molar-refractivity contribution in [2.24, 2.45) is 0 Å². The molecule has 0 aliphatic rings. The van der Waals surface area contributed by atoms with Crippen LogP contribution in [0.1, 0.15) is 16.7 Å². The molecule has 0 bridgehead atoms. The SMILES string of the molecule is C[Si](C)(C)CCOCn1cc(C(F)(F)F)c2c(Cc3ccc(N)cc3F)ccnc21. The van der Waals surface area contributed by atoms with Gasteiger partial charge in [-0.25, -0.2) is 9.37 Å². The highest BCUT2D eigenvalue weighted by atomic mass is 28.3. The Balaban J connectivity index is 1.97. The molecular formula is C21H25F4N3OSi. The summed E-state index contributed by atoms with van der Waals surface area (Å²) in [6, 6.07) is 6.58. The maximum absolute atomic E-state index is 14.2. The average molecular weight is 440 g/mol. The third-order valence-electron chi connectivity index (χ3n) is 4.83. The van der Waals surface area contributed by atoms with Gasteiger partial charge in [0.15, 0.2) is 0 Å². The van der Waals surface area contributed by atoms with E-state index < -0.39 is 25.6 Å². The Morgan fingerprint density at radius 1 is 1.13 bits per heavy atom. The van der Waals surface area contributed by atoms with Gasteiger partial charge in [-0.3, -0.25) is 0 Å². The van der Waals surface area contributed by atoms with Gasteiger partial charge in [0, 0.05) is 44.6 Å². The molecule has 2 heterocycles. The lowest BCUT2D eigenvalue weighted by atomic mass is 10.0. The molecule has 0 saturated heterocycles. The Labute approximate surface area is 173 Å². The average Bonchev–Trinajstić information content (AvgIpc) is 3.00. The molecule has 4 nitrogen and oxygen atoms in total. The van der Waals surface area contributed by atoms with Gasteiger partial charge in [-0.1, -0.05) is 25.7 Å². The third kappa shape index (κ3) is 5.20. The van der Waals surface area contributed by atoms with E-state index in [2.05, 4.69) is 24.6 Å². The fourth-order valence-corrected chi connectivity index (χ4v) is 3.95. The van der Waals surface area contributed by atoms with Crippen molar-refractivity contribution in [1.82, 2.24) is 9.55 Å². The van der Waals surface area contributed by atoms with Crippen molar-refractivity contribution in [1.29, 1.82) is 0 Å². The second-order valence-electron chi connectivity index (χ2n) is 8.55. The number of nitrogens with zero attached hydrogens (tertiary/aromatic N) is 2. The van der Waals surface area contributed by atoms with Gasteiger partial charge in [0.2, 0.25) is 0 Å². The molecule has 0 saturated carbocycles. The van der Waals surface area contributed by atoms with Crippen LogP contribution < -0.4 is 5.73 Å². The second kappa shape index (κ2) is 8.39. The molecule has 9 heteroatoms. The number of halogens is 4. The second-order valence-corrected chi connectivity index (χ2v) is 14.2. The number of rotatable bonds is 7. The maximum atomic E-state index is 14.2. The lowest BCUT2D eigenvalue weighted by Gasteiger charge is -2.15. The van der Waals surface area contributed by atoms with E-state index in [4.69, 9.17) is 10.5 Å². The summed E-state index contributed by atoms with van der Waals surface area (Å²) in [5.41, 5.74) is 5.81. The highest BCUT2D eigenvalue weighted by Gasteiger charge is 2.36. The van der Waals surface area contributed by atoms with Gasteiger partial charge in [-0.05, 0) is 35.4 Å². The van der Waals surface area contributed by atoms with Gasteiger partial charge in [-0.15, -0.1) is 0 Å². The first kappa shape index (κ1) is 22.3. The monoisotopic (exact) mass is 439 g/mol. The molecule has 1 aromatic carbocycles. The Kier molecular flexibility index (Phi) is 6.23. The molecule has 2 N–H and O–H groups in total. The molecule has 0 radical (unpaired) electrons. The number of pyridine rings is 1. The minimum atomic E-state index is -4.57. The summed E-state index contributed by atoms with van der Waals surface area (Å²) in [7, 11) is -1.31. The zero-order valence-electron chi connectivity index (χ0n) is 17.2. The third-order valence-corrected chi connectivity index (χ3v) is 6.54. The summed E-state index contributed by atoms with van der Waals surface area (Å²) in [4.78, 5) is 4.16. The number of benzene rings is 1. The van der Waals surface area contributed by atoms with Crippen molar-refractivity contribution >= 4 is 24.8 Å². The normalized spacial score (nSPS) is 12.6. The first-order valence-corrected chi connectivity index (χ1v) is 13.3. The summed E-state index contributed by atoms with van der Waals surface area (Å²) in [5.74, 6) is -0.553. The summed E-state index contributed by atoms with van der Waals surface area (Å²) in [5, 5.41) is -0.0324. The predicted molar refractivity (Wildman–Crippen MR) is 112 cm³/mol. The fraction of sp³-hybridized carbons (Fsp3) is 0.381. The van der Waals surface area contributed by atoms with Gasteiger partial charge < -0.3 is 15.0 Å². The summed E-state index contributed by atoms with van der Waals surface area (Å²) < 4.78 is 62.5. The van der Waals surface area contributed by atoms with Crippen molar-refractivity contribution in [2.45, 2.75) is 45.0 Å². The quantitative estimate of drug-likeness (QED) is 0.223. The molecule has 2 aromatic heterocycles. The zero-order chi connectivity index (χ0) is 22.1. The van der Waals surface area contributed by atoms with Crippen LogP contribution in [0.25, 0.3) is 11.0 Å². The molecule has 0 aliphatic carbocycles. The van der Waals surface area contributed by atoms with E-state index in [9.17, 15) is 17.6 Å². The van der Waals surface area contributed by atoms with E-state index in [-0.39, 0.29) is 35.4 Å². The van der Waals surface area contributed by atoms with Gasteiger partial charge in [0.25, 0.3) is 0 Å². The Hall–Kier alpha value is -2.39. The molecule has 162 valence electrons. The number of ether oxygens (including phenoxy) is 1. The number of nitrogen functional groups attached to an aromatic ring is 1. The van der Waals surface area contributed by atoms with Crippen LogP contribution in [0.4, 0.5) is 23.2 Å². The van der Waals surface area contributed by atoms with Gasteiger partial charge >= 0.3 is 6.18 Å². The van der Waals surface area contributed by atoms with Crippen LogP contribution in [0.15, 0.2) is 36.7 Å². The molecule has 0 atom stereocenters. The van der Waals surface area contributed by atoms with Gasteiger partial charge in [0.1, 0.15) is 18.2 Å². The standard InChI is InChI=1S/C21H25F4N3OSi/c1-30(2,3)9-8-29-13-28-12-17(21(23,24)25)19-15(6-7-27-20(19)28)10-14-4-5-16(26)11-18(14)22/h4-7,11-12H,8-10,13,26H2,1-3H3. The van der Waals surface area contributed by atoms with Crippen LogP contribution in [0, 0.1) is 5.82 Å². The predicted octanol–water partition coefficient (Wildman–Crippen LogP) is 5.68. The number of anilines is 1. The molecule has 0 spiro atoms. The van der Waals surface area contributed by atoms with E-state index in [1.54, 1.807) is 0 Å². The zero-order valence-corrected chi connectivity index (χ0v) is 18.2. The topological polar surface area (TPSA) is 53.1 Å². The highest BCUT2D eigenvalue weighted by molar-refractivity contribution is 6.76. The van der Waals surface area contributed by atoms with Crippen molar-refractivity contribution in [3.63, 3.8) is 0 Å².